The maximum Gasteiger partial charge on any atom is 0.407 e. The smallest absolute Gasteiger partial charge is 0.407 e. The number of aromatic nitrogens is 1. The van der Waals surface area contributed by atoms with Crippen molar-refractivity contribution in [1.29, 1.82) is 0 Å². The molecule has 10 heteroatoms. The Morgan fingerprint density at radius 2 is 1.75 bits per heavy atom. The predicted octanol–water partition coefficient (Wildman–Crippen LogP) is 4.60. The summed E-state index contributed by atoms with van der Waals surface area (Å²) in [6.07, 6.45) is 0.459. The molecule has 0 aliphatic carbocycles. The highest BCUT2D eigenvalue weighted by atomic mass is 79.9. The molecule has 2 heterocycles. The second-order valence-corrected chi connectivity index (χ2v) is 13.2. The van der Waals surface area contributed by atoms with Crippen LogP contribution in [0.25, 0.3) is 10.8 Å². The van der Waals surface area contributed by atoms with E-state index in [2.05, 4.69) is 20.8 Å². The fraction of sp³-hybridized carbons (Fsp3) is 0.385. The molecule has 8 nitrogen and oxygen atoms in total. The number of carboxylic acid groups (broad SMARTS) is 1. The highest BCUT2D eigenvalue weighted by molar-refractivity contribution is 9.10. The van der Waals surface area contributed by atoms with Crippen LogP contribution in [0, 0.1) is 5.41 Å². The minimum atomic E-state index is -4.11. The van der Waals surface area contributed by atoms with Gasteiger partial charge in [0.05, 0.1) is 10.4 Å². The van der Waals surface area contributed by atoms with Gasteiger partial charge in [-0.1, -0.05) is 54.9 Å². The van der Waals surface area contributed by atoms with Crippen molar-refractivity contribution in [2.75, 3.05) is 19.6 Å². The number of nitrogens with zero attached hydrogens (tertiary/aromatic N) is 3. The Bertz CT molecular complexity index is 1480. The van der Waals surface area contributed by atoms with E-state index in [0.717, 1.165) is 8.45 Å². The minimum absolute atomic E-state index is 0.0323. The van der Waals surface area contributed by atoms with Crippen LogP contribution in [-0.4, -0.2) is 58.6 Å². The Balaban J connectivity index is 1.83. The molecule has 1 fully saturated rings. The molecule has 0 radical (unpaired) electrons. The molecule has 1 aromatic heterocycles. The first kappa shape index (κ1) is 26.4. The summed E-state index contributed by atoms with van der Waals surface area (Å²) in [4.78, 5) is 29.0. The van der Waals surface area contributed by atoms with Crippen molar-refractivity contribution in [2.45, 2.75) is 44.7 Å². The van der Waals surface area contributed by atoms with Crippen LogP contribution < -0.4 is 5.56 Å². The van der Waals surface area contributed by atoms with E-state index in [1.165, 1.54) is 23.2 Å². The van der Waals surface area contributed by atoms with Crippen molar-refractivity contribution in [3.8, 4) is 0 Å². The zero-order valence-corrected chi connectivity index (χ0v) is 23.1. The molecule has 1 amide bonds. The van der Waals surface area contributed by atoms with Crippen LogP contribution >= 0.6 is 15.9 Å². The highest BCUT2D eigenvalue weighted by Gasteiger charge is 2.48. The van der Waals surface area contributed by atoms with E-state index in [0.29, 0.717) is 42.5 Å². The van der Waals surface area contributed by atoms with E-state index in [9.17, 15) is 23.1 Å². The second-order valence-electron chi connectivity index (χ2n) is 10.4. The number of rotatable bonds is 4. The molecule has 0 unspecified atom stereocenters. The first-order chi connectivity index (χ1) is 16.8. The van der Waals surface area contributed by atoms with Crippen LogP contribution in [0.1, 0.15) is 33.3 Å². The summed E-state index contributed by atoms with van der Waals surface area (Å²) >= 11 is 3.47. The average molecular weight is 577 g/mol. The van der Waals surface area contributed by atoms with Gasteiger partial charge in [-0.3, -0.25) is 14.6 Å². The number of halogens is 1. The van der Waals surface area contributed by atoms with Gasteiger partial charge in [-0.2, -0.15) is 0 Å². The van der Waals surface area contributed by atoms with Gasteiger partial charge in [0.1, 0.15) is 0 Å². The number of benzene rings is 2. The van der Waals surface area contributed by atoms with Crippen LogP contribution in [0.15, 0.2) is 68.9 Å². The Labute approximate surface area is 219 Å². The van der Waals surface area contributed by atoms with Crippen molar-refractivity contribution < 1.29 is 18.3 Å². The first-order valence-electron chi connectivity index (χ1n) is 11.6. The lowest BCUT2D eigenvalue weighted by Gasteiger charge is -2.54. The quantitative estimate of drug-likeness (QED) is 0.488. The number of piperazine rings is 1. The van der Waals surface area contributed by atoms with Crippen LogP contribution in [-0.2, 0) is 16.6 Å². The molecule has 0 saturated carbocycles. The van der Waals surface area contributed by atoms with E-state index in [-0.39, 0.29) is 10.3 Å². The first-order valence-corrected chi connectivity index (χ1v) is 13.9. The van der Waals surface area contributed by atoms with Gasteiger partial charge in [0, 0.05) is 42.2 Å². The van der Waals surface area contributed by atoms with Crippen LogP contribution in [0.4, 0.5) is 4.79 Å². The summed E-state index contributed by atoms with van der Waals surface area (Å²) in [6, 6.07) is 13.0. The lowest BCUT2D eigenvalue weighted by molar-refractivity contribution is -0.0461. The standard InChI is InChI=1S/C26H30BrN3O5S/c1-25(2,3)26(4)17-28(12-13-29(26)24(32)33)15-18-16-30(36(34,35)20-8-6-5-7-9-20)23(31)21-11-10-19(27)14-22(18)21/h5-11,14,16H,12-13,15,17H2,1-4H3,(H,32,33)/t26-/m1/s1. The van der Waals surface area contributed by atoms with Gasteiger partial charge in [-0.25, -0.2) is 17.2 Å². The van der Waals surface area contributed by atoms with Crippen LogP contribution in [0.2, 0.25) is 0 Å². The second kappa shape index (κ2) is 9.32. The molecule has 36 heavy (non-hydrogen) atoms. The van der Waals surface area contributed by atoms with Gasteiger partial charge in [0.2, 0.25) is 0 Å². The average Bonchev–Trinajstić information content (AvgIpc) is 2.80. The fourth-order valence-corrected chi connectivity index (χ4v) is 6.45. The van der Waals surface area contributed by atoms with Crippen LogP contribution in [0.5, 0.6) is 0 Å². The molecular weight excluding hydrogens is 546 g/mol. The van der Waals surface area contributed by atoms with Gasteiger partial charge in [-0.15, -0.1) is 0 Å². The molecule has 0 spiro atoms. The summed E-state index contributed by atoms with van der Waals surface area (Å²) in [6.45, 7) is 9.63. The van der Waals surface area contributed by atoms with Gasteiger partial charge >= 0.3 is 6.09 Å². The maximum atomic E-state index is 13.4. The van der Waals surface area contributed by atoms with Crippen molar-refractivity contribution >= 4 is 42.8 Å². The van der Waals surface area contributed by atoms with Crippen molar-refractivity contribution in [3.05, 3.63) is 75.1 Å². The molecule has 1 saturated heterocycles. The van der Waals surface area contributed by atoms with E-state index in [1.807, 2.05) is 33.8 Å². The molecule has 1 aliphatic heterocycles. The highest BCUT2D eigenvalue weighted by Crippen LogP contribution is 2.39. The largest absolute Gasteiger partial charge is 0.465 e. The lowest BCUT2D eigenvalue weighted by atomic mass is 9.72. The van der Waals surface area contributed by atoms with Crippen LogP contribution in [0.3, 0.4) is 0 Å². The molecule has 1 aliphatic rings. The van der Waals surface area contributed by atoms with E-state index in [4.69, 9.17) is 0 Å². The maximum absolute atomic E-state index is 13.4. The topological polar surface area (TPSA) is 99.9 Å². The Kier molecular flexibility index (Phi) is 6.83. The molecule has 1 atom stereocenters. The Morgan fingerprint density at radius 1 is 1.08 bits per heavy atom. The zero-order valence-electron chi connectivity index (χ0n) is 20.7. The molecule has 1 N–H and O–H groups in total. The number of hydrogen-bond acceptors (Lipinski definition) is 5. The van der Waals surface area contributed by atoms with Crippen molar-refractivity contribution in [2.24, 2.45) is 5.41 Å². The van der Waals surface area contributed by atoms with Crippen molar-refractivity contribution in [1.82, 2.24) is 13.8 Å². The van der Waals surface area contributed by atoms with Gasteiger partial charge in [-0.05, 0) is 53.6 Å². The fourth-order valence-electron chi connectivity index (χ4n) is 4.78. The molecular formula is C26H30BrN3O5S. The number of hydrogen-bond donors (Lipinski definition) is 1. The summed E-state index contributed by atoms with van der Waals surface area (Å²) < 4.78 is 28.5. The van der Waals surface area contributed by atoms with Gasteiger partial charge in [0.25, 0.3) is 15.6 Å². The van der Waals surface area contributed by atoms with Gasteiger partial charge < -0.3 is 5.11 Å². The summed E-state index contributed by atoms with van der Waals surface area (Å²) in [5, 5.41) is 10.8. The lowest BCUT2D eigenvalue weighted by Crippen LogP contribution is -2.67. The zero-order chi connectivity index (χ0) is 26.5. The predicted molar refractivity (Wildman–Crippen MR) is 143 cm³/mol. The normalized spacial score (nSPS) is 19.5. The Morgan fingerprint density at radius 3 is 2.36 bits per heavy atom. The molecule has 192 valence electrons. The molecule has 2 aromatic carbocycles. The van der Waals surface area contributed by atoms with Gasteiger partial charge in [0.15, 0.2) is 0 Å². The molecule has 3 aromatic rings. The summed E-state index contributed by atoms with van der Waals surface area (Å²) in [5.74, 6) is 0. The Hall–Kier alpha value is -2.69. The van der Waals surface area contributed by atoms with E-state index in [1.54, 1.807) is 30.3 Å². The number of pyridine rings is 1. The summed E-state index contributed by atoms with van der Waals surface area (Å²) in [5.41, 5.74) is -0.950. The third kappa shape index (κ3) is 4.57. The monoisotopic (exact) mass is 575 g/mol. The number of fused-ring (bicyclic) bond motifs is 1. The van der Waals surface area contributed by atoms with Crippen molar-refractivity contribution in [3.63, 3.8) is 0 Å². The molecule has 4 rings (SSSR count). The number of carbonyl (C=O) groups is 1. The number of amides is 1. The van der Waals surface area contributed by atoms with E-state index >= 15 is 0 Å². The minimum Gasteiger partial charge on any atom is -0.465 e. The summed E-state index contributed by atoms with van der Waals surface area (Å²) in [7, 11) is -4.11. The third-order valence-electron chi connectivity index (χ3n) is 7.34. The third-order valence-corrected chi connectivity index (χ3v) is 9.49. The van der Waals surface area contributed by atoms with E-state index < -0.39 is 27.2 Å². The SMILES string of the molecule is CC(C)(C)[C@@]1(C)CN(Cc2cn(S(=O)(=O)c3ccccc3)c(=O)c3ccc(Br)cc23)CCN1C(=O)O. The molecule has 0 bridgehead atoms.